The van der Waals surface area contributed by atoms with Gasteiger partial charge < -0.3 is 0 Å². The number of nitrogens with one attached hydrogen (secondary N) is 1. The molecule has 9 heteroatoms. The molecule has 2 aromatic rings. The van der Waals surface area contributed by atoms with Gasteiger partial charge >= 0.3 is 6.18 Å². The molecule has 0 spiro atoms. The van der Waals surface area contributed by atoms with Crippen LogP contribution >= 0.6 is 0 Å². The minimum atomic E-state index is -4.42. The van der Waals surface area contributed by atoms with E-state index in [9.17, 15) is 17.6 Å². The van der Waals surface area contributed by atoms with Gasteiger partial charge in [0.1, 0.15) is 12.2 Å². The van der Waals surface area contributed by atoms with Gasteiger partial charge in [0.25, 0.3) is 0 Å². The van der Waals surface area contributed by atoms with E-state index in [0.29, 0.717) is 17.0 Å². The summed E-state index contributed by atoms with van der Waals surface area (Å²) in [5.41, 5.74) is 1.29. The van der Waals surface area contributed by atoms with E-state index in [0.717, 1.165) is 4.90 Å². The Balaban J connectivity index is 1.79. The Morgan fingerprint density at radius 1 is 1.32 bits per heavy atom. The molecule has 1 saturated heterocycles. The highest BCUT2D eigenvalue weighted by atomic mass is 19.4. The number of hydrogen-bond donors (Lipinski definition) is 1. The molecule has 0 aliphatic carbocycles. The number of hydrogen-bond acceptors (Lipinski definition) is 4. The van der Waals surface area contributed by atoms with Gasteiger partial charge in [-0.3, -0.25) is 4.90 Å². The topological polar surface area (TPSA) is 57.7 Å². The number of rotatable bonds is 3. The highest BCUT2D eigenvalue weighted by molar-refractivity contribution is 5.54. The van der Waals surface area contributed by atoms with Crippen LogP contribution in [0.2, 0.25) is 0 Å². The summed E-state index contributed by atoms with van der Waals surface area (Å²) < 4.78 is 52.2. The third-order valence-electron chi connectivity index (χ3n) is 3.65. The smallest absolute Gasteiger partial charge is 0.285 e. The second kappa shape index (κ2) is 5.64. The molecular formula is C13H13F4N5. The summed E-state index contributed by atoms with van der Waals surface area (Å²) in [4.78, 5) is 1.13. The quantitative estimate of drug-likeness (QED) is 0.883. The minimum Gasteiger partial charge on any atom is -0.285 e. The van der Waals surface area contributed by atoms with Gasteiger partial charge in [0.15, 0.2) is 0 Å². The first-order valence-corrected chi connectivity index (χ1v) is 6.71. The fourth-order valence-corrected chi connectivity index (χ4v) is 2.69. The maximum absolute atomic E-state index is 13.4. The average molecular weight is 315 g/mol. The lowest BCUT2D eigenvalue weighted by Crippen LogP contribution is -2.40. The molecule has 0 saturated carbocycles. The van der Waals surface area contributed by atoms with Gasteiger partial charge in [-0.2, -0.15) is 18.4 Å². The van der Waals surface area contributed by atoms with Crippen molar-refractivity contribution in [1.29, 1.82) is 0 Å². The van der Waals surface area contributed by atoms with Crippen molar-refractivity contribution in [1.82, 2.24) is 25.5 Å². The molecule has 0 bridgehead atoms. The molecule has 1 aliphatic rings. The fourth-order valence-electron chi connectivity index (χ4n) is 2.69. The fraction of sp³-hybridized carbons (Fsp3) is 0.462. The number of halogens is 4. The van der Waals surface area contributed by atoms with Gasteiger partial charge in [-0.15, -0.1) is 10.2 Å². The number of alkyl halides is 4. The largest absolute Gasteiger partial charge is 0.404 e. The van der Waals surface area contributed by atoms with E-state index in [1.165, 1.54) is 0 Å². The third kappa shape index (κ3) is 3.08. The standard InChI is InChI=1S/C13H13F4N5/c14-10-5-11(13(15,16)17)22(7-10)6-8-2-1-3-9(4-8)12-18-20-21-19-12/h1-4,10-11H,5-7H2,(H,18,19,20,21)/t10-,11+/m0/s1. The molecule has 1 N–H and O–H groups in total. The predicted octanol–water partition coefficient (Wildman–Crippen LogP) is 2.34. The van der Waals surface area contributed by atoms with Crippen molar-refractivity contribution in [2.24, 2.45) is 0 Å². The van der Waals surface area contributed by atoms with E-state index in [1.807, 2.05) is 0 Å². The van der Waals surface area contributed by atoms with Gasteiger partial charge in [-0.05, 0) is 16.8 Å². The summed E-state index contributed by atoms with van der Waals surface area (Å²) in [5, 5.41) is 13.4. The van der Waals surface area contributed by atoms with Crippen molar-refractivity contribution >= 4 is 0 Å². The van der Waals surface area contributed by atoms with Crippen molar-refractivity contribution in [2.75, 3.05) is 6.54 Å². The van der Waals surface area contributed by atoms with Crippen LogP contribution in [0.1, 0.15) is 12.0 Å². The molecule has 1 aliphatic heterocycles. The zero-order valence-corrected chi connectivity index (χ0v) is 11.4. The lowest BCUT2D eigenvalue weighted by atomic mass is 10.1. The Labute approximate surface area is 123 Å². The molecule has 0 amide bonds. The summed E-state index contributed by atoms with van der Waals surface area (Å²) in [7, 11) is 0. The second-order valence-electron chi connectivity index (χ2n) is 5.26. The maximum atomic E-state index is 13.4. The molecule has 1 aromatic carbocycles. The first-order valence-electron chi connectivity index (χ1n) is 6.71. The Morgan fingerprint density at radius 3 is 2.82 bits per heavy atom. The first kappa shape index (κ1) is 14.9. The van der Waals surface area contributed by atoms with Crippen LogP contribution in [0, 0.1) is 0 Å². The maximum Gasteiger partial charge on any atom is 0.404 e. The van der Waals surface area contributed by atoms with Gasteiger partial charge in [-0.1, -0.05) is 18.2 Å². The van der Waals surface area contributed by atoms with Gasteiger partial charge in [0.2, 0.25) is 5.82 Å². The van der Waals surface area contributed by atoms with Gasteiger partial charge in [0, 0.05) is 25.1 Å². The van der Waals surface area contributed by atoms with Crippen LogP contribution in [0.5, 0.6) is 0 Å². The van der Waals surface area contributed by atoms with E-state index in [-0.39, 0.29) is 13.1 Å². The molecule has 5 nitrogen and oxygen atoms in total. The zero-order chi connectivity index (χ0) is 15.7. The van der Waals surface area contributed by atoms with E-state index in [4.69, 9.17) is 0 Å². The Kier molecular flexibility index (Phi) is 3.81. The highest BCUT2D eigenvalue weighted by Gasteiger charge is 2.49. The van der Waals surface area contributed by atoms with Crippen molar-refractivity contribution < 1.29 is 17.6 Å². The Hall–Kier alpha value is -2.03. The van der Waals surface area contributed by atoms with Crippen LogP contribution in [0.15, 0.2) is 24.3 Å². The number of aromatic amines is 1. The molecule has 0 radical (unpaired) electrons. The zero-order valence-electron chi connectivity index (χ0n) is 11.4. The number of tetrazole rings is 1. The van der Waals surface area contributed by atoms with Crippen LogP contribution in [0.3, 0.4) is 0 Å². The molecule has 2 atom stereocenters. The summed E-state index contributed by atoms with van der Waals surface area (Å²) >= 11 is 0. The van der Waals surface area contributed by atoms with Crippen molar-refractivity contribution in [3.63, 3.8) is 0 Å². The third-order valence-corrected chi connectivity index (χ3v) is 3.65. The van der Waals surface area contributed by atoms with E-state index in [1.54, 1.807) is 24.3 Å². The number of nitrogens with zero attached hydrogens (tertiary/aromatic N) is 4. The Morgan fingerprint density at radius 2 is 2.14 bits per heavy atom. The van der Waals surface area contributed by atoms with Crippen molar-refractivity contribution in [3.05, 3.63) is 29.8 Å². The predicted molar refractivity (Wildman–Crippen MR) is 69.4 cm³/mol. The second-order valence-corrected chi connectivity index (χ2v) is 5.26. The molecular weight excluding hydrogens is 302 g/mol. The lowest BCUT2D eigenvalue weighted by Gasteiger charge is -2.26. The molecule has 1 aromatic heterocycles. The summed E-state index contributed by atoms with van der Waals surface area (Å²) in [6.07, 6.45) is -6.38. The van der Waals surface area contributed by atoms with Crippen LogP contribution in [0.4, 0.5) is 17.6 Å². The highest BCUT2D eigenvalue weighted by Crippen LogP contribution is 2.35. The number of benzene rings is 1. The molecule has 118 valence electrons. The molecule has 3 rings (SSSR count). The molecule has 1 fully saturated rings. The van der Waals surface area contributed by atoms with E-state index >= 15 is 0 Å². The van der Waals surface area contributed by atoms with Gasteiger partial charge in [-0.25, -0.2) is 4.39 Å². The molecule has 22 heavy (non-hydrogen) atoms. The summed E-state index contributed by atoms with van der Waals surface area (Å²) in [6.45, 7) is -0.188. The summed E-state index contributed by atoms with van der Waals surface area (Å²) in [6, 6.07) is 5.08. The van der Waals surface area contributed by atoms with E-state index < -0.39 is 24.8 Å². The number of aromatic nitrogens is 4. The number of likely N-dealkylation sites (tertiary alicyclic amines) is 1. The monoisotopic (exact) mass is 315 g/mol. The lowest BCUT2D eigenvalue weighted by molar-refractivity contribution is -0.177. The van der Waals surface area contributed by atoms with E-state index in [2.05, 4.69) is 20.6 Å². The van der Waals surface area contributed by atoms with Crippen molar-refractivity contribution in [2.45, 2.75) is 31.4 Å². The van der Waals surface area contributed by atoms with Crippen LogP contribution in [-0.4, -0.2) is 50.5 Å². The molecule has 0 unspecified atom stereocenters. The average Bonchev–Trinajstić information content (AvgIpc) is 3.08. The normalized spacial score (nSPS) is 23.1. The van der Waals surface area contributed by atoms with Crippen LogP contribution in [0.25, 0.3) is 11.4 Å². The van der Waals surface area contributed by atoms with Crippen LogP contribution in [-0.2, 0) is 6.54 Å². The summed E-state index contributed by atoms with van der Waals surface area (Å²) in [5.74, 6) is 0.360. The SMILES string of the molecule is F[C@H]1C[C@H](C(F)(F)F)N(Cc2cccc(-c3nn[nH]n3)c2)C1. The Bertz CT molecular complexity index is 628. The minimum absolute atomic E-state index is 0.0241. The molecule has 2 heterocycles. The van der Waals surface area contributed by atoms with Crippen molar-refractivity contribution in [3.8, 4) is 11.4 Å². The van der Waals surface area contributed by atoms with Crippen LogP contribution < -0.4 is 0 Å². The first-order chi connectivity index (χ1) is 10.4. The van der Waals surface area contributed by atoms with Gasteiger partial charge in [0.05, 0.1) is 0 Å². The number of H-pyrrole nitrogens is 1.